The molecule has 0 aromatic carbocycles. The third kappa shape index (κ3) is 1.79. The van der Waals surface area contributed by atoms with E-state index in [1.807, 2.05) is 13.0 Å². The van der Waals surface area contributed by atoms with Gasteiger partial charge >= 0.3 is 0 Å². The molecule has 7 heteroatoms. The molecular weight excluding hydrogens is 342 g/mol. The molecule has 1 aliphatic heterocycles. The SMILES string of the molecule is COc1ncc(Br)cc1[C@@]1(C)N=CS[C@@]2(C(N)=O)C[C@H]21. The van der Waals surface area contributed by atoms with E-state index < -0.39 is 10.3 Å². The number of rotatable bonds is 3. The minimum Gasteiger partial charge on any atom is -0.481 e. The van der Waals surface area contributed by atoms with Gasteiger partial charge in [-0.3, -0.25) is 9.79 Å². The van der Waals surface area contributed by atoms with Crippen molar-refractivity contribution in [1.82, 2.24) is 4.98 Å². The van der Waals surface area contributed by atoms with E-state index in [0.717, 1.165) is 16.5 Å². The van der Waals surface area contributed by atoms with E-state index in [1.54, 1.807) is 18.9 Å². The topological polar surface area (TPSA) is 77.6 Å². The second-order valence-electron chi connectivity index (χ2n) is 5.22. The molecule has 1 saturated carbocycles. The van der Waals surface area contributed by atoms with Crippen LogP contribution in [-0.2, 0) is 10.3 Å². The lowest BCUT2D eigenvalue weighted by atomic mass is 9.86. The second-order valence-corrected chi connectivity index (χ2v) is 7.31. The second kappa shape index (κ2) is 4.46. The summed E-state index contributed by atoms with van der Waals surface area (Å²) < 4.78 is 5.68. The first-order valence-corrected chi connectivity index (χ1v) is 7.83. The lowest BCUT2D eigenvalue weighted by molar-refractivity contribution is -0.118. The molecule has 1 fully saturated rings. The zero-order valence-electron chi connectivity index (χ0n) is 11.1. The number of hydrogen-bond donors (Lipinski definition) is 1. The van der Waals surface area contributed by atoms with Gasteiger partial charge in [-0.25, -0.2) is 4.98 Å². The number of ether oxygens (including phenoxy) is 1. The average Bonchev–Trinajstić information content (AvgIpc) is 3.17. The molecule has 106 valence electrons. The average molecular weight is 356 g/mol. The maximum Gasteiger partial charge on any atom is 0.234 e. The maximum absolute atomic E-state index is 11.7. The molecule has 0 bridgehead atoms. The quantitative estimate of drug-likeness (QED) is 0.900. The summed E-state index contributed by atoms with van der Waals surface area (Å²) in [6.07, 6.45) is 2.42. The third-order valence-corrected chi connectivity index (χ3v) is 5.86. The highest BCUT2D eigenvalue weighted by Gasteiger charge is 2.69. The van der Waals surface area contributed by atoms with Gasteiger partial charge in [0.2, 0.25) is 11.8 Å². The molecular formula is C13H14BrN3O2S. The van der Waals surface area contributed by atoms with Crippen LogP contribution in [0.3, 0.4) is 0 Å². The van der Waals surface area contributed by atoms with Crippen molar-refractivity contribution in [3.63, 3.8) is 0 Å². The molecule has 5 nitrogen and oxygen atoms in total. The Labute approximate surface area is 129 Å². The number of nitrogens with zero attached hydrogens (tertiary/aromatic N) is 2. The minimum atomic E-state index is -0.539. The van der Waals surface area contributed by atoms with Crippen molar-refractivity contribution in [3.05, 3.63) is 22.3 Å². The highest BCUT2D eigenvalue weighted by molar-refractivity contribution is 9.10. The van der Waals surface area contributed by atoms with Crippen LogP contribution in [0.4, 0.5) is 0 Å². The van der Waals surface area contributed by atoms with Gasteiger partial charge in [0.1, 0.15) is 4.75 Å². The van der Waals surface area contributed by atoms with E-state index in [1.165, 1.54) is 11.8 Å². The van der Waals surface area contributed by atoms with Gasteiger partial charge < -0.3 is 10.5 Å². The Bertz CT molecular complexity index is 624. The van der Waals surface area contributed by atoms with Crippen LogP contribution in [0, 0.1) is 5.92 Å². The fraction of sp³-hybridized carbons (Fsp3) is 0.462. The first kappa shape index (κ1) is 13.9. The van der Waals surface area contributed by atoms with Crippen LogP contribution >= 0.6 is 27.7 Å². The number of thioether (sulfide) groups is 1. The van der Waals surface area contributed by atoms with Crippen LogP contribution in [0.15, 0.2) is 21.7 Å². The summed E-state index contributed by atoms with van der Waals surface area (Å²) in [5.41, 5.74) is 7.63. The molecule has 0 spiro atoms. The maximum atomic E-state index is 11.7. The number of aromatic nitrogens is 1. The highest BCUT2D eigenvalue weighted by Crippen LogP contribution is 2.65. The number of pyridine rings is 1. The van der Waals surface area contributed by atoms with Crippen LogP contribution < -0.4 is 10.5 Å². The number of amides is 1. The molecule has 1 amide bonds. The molecule has 20 heavy (non-hydrogen) atoms. The Hall–Kier alpha value is -1.08. The summed E-state index contributed by atoms with van der Waals surface area (Å²) in [6.45, 7) is 2.00. The van der Waals surface area contributed by atoms with Crippen molar-refractivity contribution in [3.8, 4) is 5.88 Å². The molecule has 3 rings (SSSR count). The van der Waals surface area contributed by atoms with Gasteiger partial charge in [-0.1, -0.05) is 11.8 Å². The summed E-state index contributed by atoms with van der Waals surface area (Å²) in [7, 11) is 1.58. The van der Waals surface area contributed by atoms with Gasteiger partial charge in [0.15, 0.2) is 0 Å². The Morgan fingerprint density at radius 1 is 1.65 bits per heavy atom. The molecule has 3 atom stereocenters. The largest absolute Gasteiger partial charge is 0.481 e. The smallest absolute Gasteiger partial charge is 0.234 e. The summed E-state index contributed by atoms with van der Waals surface area (Å²) >= 11 is 4.85. The molecule has 1 aromatic rings. The summed E-state index contributed by atoms with van der Waals surface area (Å²) in [4.78, 5) is 20.6. The van der Waals surface area contributed by atoms with Crippen molar-refractivity contribution in [2.45, 2.75) is 23.6 Å². The standard InChI is InChI=1S/C13H14BrN3O2S/c1-12(8-3-7(14)5-16-10(8)19-2)9-4-13(9,11(15)18)20-6-17-12/h3,5-6,9H,4H2,1-2H3,(H2,15,18)/t9-,12+,13-/m0/s1. The van der Waals surface area contributed by atoms with Gasteiger partial charge in [0, 0.05) is 22.2 Å². The molecule has 0 radical (unpaired) electrons. The number of carbonyl (C=O) groups is 1. The van der Waals surface area contributed by atoms with E-state index in [9.17, 15) is 4.79 Å². The Morgan fingerprint density at radius 2 is 2.40 bits per heavy atom. The summed E-state index contributed by atoms with van der Waals surface area (Å²) in [5.74, 6) is 0.337. The Morgan fingerprint density at radius 3 is 3.05 bits per heavy atom. The number of hydrogen-bond acceptors (Lipinski definition) is 5. The number of aliphatic imine (C=N–C) groups is 1. The number of halogens is 1. The van der Waals surface area contributed by atoms with E-state index in [4.69, 9.17) is 10.5 Å². The van der Waals surface area contributed by atoms with E-state index in [2.05, 4.69) is 25.9 Å². The van der Waals surface area contributed by atoms with Crippen LogP contribution in [0.25, 0.3) is 0 Å². The van der Waals surface area contributed by atoms with E-state index >= 15 is 0 Å². The number of primary amides is 1. The lowest BCUT2D eigenvalue weighted by Gasteiger charge is -2.32. The lowest BCUT2D eigenvalue weighted by Crippen LogP contribution is -2.38. The number of carbonyl (C=O) groups excluding carboxylic acids is 1. The molecule has 2 N–H and O–H groups in total. The minimum absolute atomic E-state index is 0.0764. The number of nitrogens with two attached hydrogens (primary N) is 1. The van der Waals surface area contributed by atoms with Gasteiger partial charge in [-0.2, -0.15) is 0 Å². The van der Waals surface area contributed by atoms with E-state index in [-0.39, 0.29) is 11.8 Å². The fourth-order valence-corrected chi connectivity index (χ4v) is 4.45. The zero-order chi connectivity index (χ0) is 14.5. The molecule has 1 aromatic heterocycles. The summed E-state index contributed by atoms with van der Waals surface area (Å²) in [6, 6.07) is 1.95. The molecule has 0 unspecified atom stereocenters. The van der Waals surface area contributed by atoms with Crippen LogP contribution in [0.5, 0.6) is 5.88 Å². The Kier molecular flexibility index (Phi) is 3.10. The van der Waals surface area contributed by atoms with Crippen LogP contribution in [0.2, 0.25) is 0 Å². The highest BCUT2D eigenvalue weighted by atomic mass is 79.9. The van der Waals surface area contributed by atoms with Crippen molar-refractivity contribution in [1.29, 1.82) is 0 Å². The monoisotopic (exact) mass is 355 g/mol. The van der Waals surface area contributed by atoms with Crippen molar-refractivity contribution in [2.24, 2.45) is 16.6 Å². The normalized spacial score (nSPS) is 34.5. The molecule has 0 saturated heterocycles. The Balaban J connectivity index is 2.10. The summed E-state index contributed by atoms with van der Waals surface area (Å²) in [5, 5.41) is 0. The van der Waals surface area contributed by atoms with E-state index in [0.29, 0.717) is 5.88 Å². The van der Waals surface area contributed by atoms with Gasteiger partial charge in [0.05, 0.1) is 18.2 Å². The van der Waals surface area contributed by atoms with Crippen molar-refractivity contribution < 1.29 is 9.53 Å². The zero-order valence-corrected chi connectivity index (χ0v) is 13.5. The molecule has 2 aliphatic rings. The van der Waals surface area contributed by atoms with Crippen LogP contribution in [0.1, 0.15) is 18.9 Å². The number of methoxy groups -OCH3 is 1. The van der Waals surface area contributed by atoms with Crippen molar-refractivity contribution >= 4 is 39.1 Å². The van der Waals surface area contributed by atoms with Gasteiger partial charge in [-0.15, -0.1) is 0 Å². The first-order chi connectivity index (χ1) is 9.44. The fourth-order valence-electron chi connectivity index (χ4n) is 2.89. The first-order valence-electron chi connectivity index (χ1n) is 6.15. The molecule has 2 heterocycles. The predicted octanol–water partition coefficient (Wildman–Crippen LogP) is 2.09. The van der Waals surface area contributed by atoms with Gasteiger partial charge in [-0.05, 0) is 35.3 Å². The van der Waals surface area contributed by atoms with Crippen LogP contribution in [-0.4, -0.2) is 28.3 Å². The van der Waals surface area contributed by atoms with Crippen molar-refractivity contribution in [2.75, 3.05) is 7.11 Å². The van der Waals surface area contributed by atoms with Gasteiger partial charge in [0.25, 0.3) is 0 Å². The predicted molar refractivity (Wildman–Crippen MR) is 82.0 cm³/mol. The molecule has 1 aliphatic carbocycles. The third-order valence-electron chi connectivity index (χ3n) is 4.15. The number of fused-ring (bicyclic) bond motifs is 1.